The number of nitrogens with zero attached hydrogens (tertiary/aromatic N) is 2. The van der Waals surface area contributed by atoms with Crippen molar-refractivity contribution < 1.29 is 5.48 Å². The van der Waals surface area contributed by atoms with Crippen molar-refractivity contribution in [1.29, 1.82) is 0 Å². The number of unbranched alkanes of at least 4 members (excludes halogenated alkanes) is 7. The van der Waals surface area contributed by atoms with Crippen molar-refractivity contribution in [3.05, 3.63) is 12.4 Å². The van der Waals surface area contributed by atoms with E-state index in [0.717, 1.165) is 6.67 Å². The van der Waals surface area contributed by atoms with Gasteiger partial charge in [0.25, 0.3) is 0 Å². The molecular weight excluding hydrogens is 212 g/mol. The third-order valence-electron chi connectivity index (χ3n) is 3.24. The molecule has 0 atom stereocenters. The fourth-order valence-corrected chi connectivity index (χ4v) is 2.18. The van der Waals surface area contributed by atoms with Gasteiger partial charge in [-0.15, -0.1) is 0 Å². The molecule has 3 nitrogen and oxygen atoms in total. The van der Waals surface area contributed by atoms with Crippen LogP contribution in [0.2, 0.25) is 0 Å². The van der Waals surface area contributed by atoms with Crippen molar-refractivity contribution in [2.75, 3.05) is 20.3 Å². The normalized spacial score (nSPS) is 14.2. The SMILES string of the molecule is CCCCCCCCCCN1C=CN(C)C1.O. The summed E-state index contributed by atoms with van der Waals surface area (Å²) in [6, 6.07) is 0. The summed E-state index contributed by atoms with van der Waals surface area (Å²) in [5.74, 6) is 0. The Hall–Kier alpha value is -0.700. The lowest BCUT2D eigenvalue weighted by Gasteiger charge is -2.17. The first-order valence-electron chi connectivity index (χ1n) is 6.95. The smallest absolute Gasteiger partial charge is 0.0890 e. The molecule has 0 saturated heterocycles. The van der Waals surface area contributed by atoms with E-state index in [-0.39, 0.29) is 5.48 Å². The Morgan fingerprint density at radius 1 is 0.882 bits per heavy atom. The van der Waals surface area contributed by atoms with Crippen molar-refractivity contribution in [2.24, 2.45) is 0 Å². The van der Waals surface area contributed by atoms with Crippen LogP contribution in [-0.2, 0) is 0 Å². The van der Waals surface area contributed by atoms with E-state index in [1.807, 2.05) is 0 Å². The van der Waals surface area contributed by atoms with Crippen LogP contribution >= 0.6 is 0 Å². The molecule has 0 saturated carbocycles. The van der Waals surface area contributed by atoms with Crippen LogP contribution in [0.4, 0.5) is 0 Å². The Balaban J connectivity index is 0.00000256. The molecule has 0 aromatic carbocycles. The van der Waals surface area contributed by atoms with Crippen LogP contribution in [0.3, 0.4) is 0 Å². The van der Waals surface area contributed by atoms with Crippen LogP contribution in [0.5, 0.6) is 0 Å². The summed E-state index contributed by atoms with van der Waals surface area (Å²) < 4.78 is 0. The maximum Gasteiger partial charge on any atom is 0.0890 e. The maximum absolute atomic E-state index is 2.40. The maximum atomic E-state index is 2.40. The van der Waals surface area contributed by atoms with Crippen molar-refractivity contribution in [3.8, 4) is 0 Å². The van der Waals surface area contributed by atoms with Crippen molar-refractivity contribution in [3.63, 3.8) is 0 Å². The monoisotopic (exact) mass is 242 g/mol. The summed E-state index contributed by atoms with van der Waals surface area (Å²) >= 11 is 0. The van der Waals surface area contributed by atoms with Crippen LogP contribution < -0.4 is 0 Å². The van der Waals surface area contributed by atoms with Crippen LogP contribution in [0.25, 0.3) is 0 Å². The Bertz CT molecular complexity index is 195. The Labute approximate surface area is 107 Å². The van der Waals surface area contributed by atoms with Gasteiger partial charge in [-0.05, 0) is 6.42 Å². The average molecular weight is 242 g/mol. The second-order valence-electron chi connectivity index (χ2n) is 4.98. The van der Waals surface area contributed by atoms with E-state index in [9.17, 15) is 0 Å². The van der Waals surface area contributed by atoms with Crippen molar-refractivity contribution in [1.82, 2.24) is 9.80 Å². The van der Waals surface area contributed by atoms with E-state index in [1.165, 1.54) is 57.9 Å². The first-order valence-corrected chi connectivity index (χ1v) is 6.95. The van der Waals surface area contributed by atoms with Crippen LogP contribution in [-0.4, -0.2) is 35.5 Å². The molecule has 1 rings (SSSR count). The van der Waals surface area contributed by atoms with Gasteiger partial charge in [0, 0.05) is 26.0 Å². The summed E-state index contributed by atoms with van der Waals surface area (Å²) in [6.07, 6.45) is 15.7. The quantitative estimate of drug-likeness (QED) is 0.583. The molecule has 1 heterocycles. The van der Waals surface area contributed by atoms with Gasteiger partial charge in [0.15, 0.2) is 0 Å². The third-order valence-corrected chi connectivity index (χ3v) is 3.24. The van der Waals surface area contributed by atoms with E-state index in [0.29, 0.717) is 0 Å². The van der Waals surface area contributed by atoms with Gasteiger partial charge in [0.05, 0.1) is 6.67 Å². The highest BCUT2D eigenvalue weighted by Gasteiger charge is 2.06. The predicted molar refractivity (Wildman–Crippen MR) is 74.7 cm³/mol. The standard InChI is InChI=1S/C14H28N2.H2O/c1-3-4-5-6-7-8-9-10-11-16-13-12-15(2)14-16;/h12-13H,3-11,14H2,1-2H3;1H2. The summed E-state index contributed by atoms with van der Waals surface area (Å²) in [5, 5.41) is 0. The summed E-state index contributed by atoms with van der Waals surface area (Å²) in [6.45, 7) is 4.59. The van der Waals surface area contributed by atoms with E-state index < -0.39 is 0 Å². The number of rotatable bonds is 9. The first-order chi connectivity index (χ1) is 7.83. The third kappa shape index (κ3) is 8.08. The highest BCUT2D eigenvalue weighted by atomic mass is 16.0. The summed E-state index contributed by atoms with van der Waals surface area (Å²) in [5.41, 5.74) is 0. The molecule has 0 spiro atoms. The second-order valence-corrected chi connectivity index (χ2v) is 4.98. The molecule has 0 amide bonds. The minimum Gasteiger partial charge on any atom is -0.412 e. The lowest BCUT2D eigenvalue weighted by atomic mass is 10.1. The molecule has 3 heteroatoms. The molecular formula is C14H30N2O. The molecule has 1 aliphatic heterocycles. The fraction of sp³-hybridized carbons (Fsp3) is 0.857. The van der Waals surface area contributed by atoms with Gasteiger partial charge in [0.2, 0.25) is 0 Å². The molecule has 0 aromatic rings. The van der Waals surface area contributed by atoms with Gasteiger partial charge in [-0.3, -0.25) is 0 Å². The Morgan fingerprint density at radius 3 is 2.00 bits per heavy atom. The zero-order valence-corrected chi connectivity index (χ0v) is 11.6. The van der Waals surface area contributed by atoms with Crippen LogP contribution in [0.15, 0.2) is 12.4 Å². The van der Waals surface area contributed by atoms with Crippen molar-refractivity contribution in [2.45, 2.75) is 58.3 Å². The highest BCUT2D eigenvalue weighted by Crippen LogP contribution is 2.10. The van der Waals surface area contributed by atoms with Gasteiger partial charge < -0.3 is 15.3 Å². The molecule has 17 heavy (non-hydrogen) atoms. The summed E-state index contributed by atoms with van der Waals surface area (Å²) in [4.78, 5) is 4.63. The Kier molecular flexibility index (Phi) is 10.0. The lowest BCUT2D eigenvalue weighted by molar-refractivity contribution is 0.290. The summed E-state index contributed by atoms with van der Waals surface area (Å²) in [7, 11) is 2.13. The van der Waals surface area contributed by atoms with Gasteiger partial charge in [-0.1, -0.05) is 51.9 Å². The predicted octanol–water partition coefficient (Wildman–Crippen LogP) is 2.98. The molecule has 0 unspecified atom stereocenters. The minimum atomic E-state index is 0. The molecule has 0 bridgehead atoms. The minimum absolute atomic E-state index is 0. The van der Waals surface area contributed by atoms with Crippen LogP contribution in [0.1, 0.15) is 58.3 Å². The fourth-order valence-electron chi connectivity index (χ4n) is 2.18. The largest absolute Gasteiger partial charge is 0.412 e. The van der Waals surface area contributed by atoms with E-state index >= 15 is 0 Å². The molecule has 0 aliphatic carbocycles. The zero-order valence-electron chi connectivity index (χ0n) is 11.6. The first kappa shape index (κ1) is 16.3. The van der Waals surface area contributed by atoms with Gasteiger partial charge in [-0.2, -0.15) is 0 Å². The molecule has 0 fully saturated rings. The van der Waals surface area contributed by atoms with E-state index in [2.05, 4.69) is 36.2 Å². The molecule has 0 radical (unpaired) electrons. The molecule has 102 valence electrons. The molecule has 2 N–H and O–H groups in total. The molecule has 0 aromatic heterocycles. The highest BCUT2D eigenvalue weighted by molar-refractivity contribution is 4.88. The van der Waals surface area contributed by atoms with Gasteiger partial charge in [-0.25, -0.2) is 0 Å². The average Bonchev–Trinajstić information content (AvgIpc) is 2.68. The molecule has 1 aliphatic rings. The Morgan fingerprint density at radius 2 is 1.47 bits per heavy atom. The second kappa shape index (κ2) is 10.5. The van der Waals surface area contributed by atoms with Crippen molar-refractivity contribution >= 4 is 0 Å². The van der Waals surface area contributed by atoms with Crippen LogP contribution in [0, 0.1) is 0 Å². The number of hydrogen-bond acceptors (Lipinski definition) is 2. The van der Waals surface area contributed by atoms with E-state index in [1.54, 1.807) is 0 Å². The van der Waals surface area contributed by atoms with E-state index in [4.69, 9.17) is 0 Å². The van der Waals surface area contributed by atoms with Gasteiger partial charge >= 0.3 is 0 Å². The topological polar surface area (TPSA) is 38.0 Å². The number of hydrogen-bond donors (Lipinski definition) is 0. The lowest BCUT2D eigenvalue weighted by Crippen LogP contribution is -2.23. The zero-order chi connectivity index (χ0) is 11.6. The van der Waals surface area contributed by atoms with Gasteiger partial charge in [0.1, 0.15) is 0 Å².